The summed E-state index contributed by atoms with van der Waals surface area (Å²) in [5, 5.41) is 0. The summed E-state index contributed by atoms with van der Waals surface area (Å²) in [5.41, 5.74) is 7.30. The highest BCUT2D eigenvalue weighted by Crippen LogP contribution is 2.26. The van der Waals surface area contributed by atoms with Crippen LogP contribution in [0.2, 0.25) is 0 Å². The maximum Gasteiger partial charge on any atom is 0.146 e. The van der Waals surface area contributed by atoms with E-state index in [2.05, 4.69) is 4.90 Å². The van der Waals surface area contributed by atoms with Crippen molar-refractivity contribution in [2.45, 2.75) is 13.3 Å². The van der Waals surface area contributed by atoms with Crippen molar-refractivity contribution in [1.82, 2.24) is 0 Å². The highest BCUT2D eigenvalue weighted by atomic mass is 19.1. The first-order valence-electron chi connectivity index (χ1n) is 5.42. The van der Waals surface area contributed by atoms with Gasteiger partial charge in [-0.25, -0.2) is 4.39 Å². The second-order valence-corrected chi connectivity index (χ2v) is 4.29. The molecule has 1 heterocycles. The van der Waals surface area contributed by atoms with E-state index in [1.54, 1.807) is 6.07 Å². The molecule has 2 N–H and O–H groups in total. The molecule has 82 valence electrons. The molecule has 0 bridgehead atoms. The number of hydrogen-bond donors (Lipinski definition) is 1. The third-order valence-corrected chi connectivity index (χ3v) is 3.06. The Morgan fingerprint density at radius 2 is 2.33 bits per heavy atom. The number of hydrogen-bond acceptors (Lipinski definition) is 2. The minimum absolute atomic E-state index is 0.118. The highest BCUT2D eigenvalue weighted by molar-refractivity contribution is 5.49. The molecule has 1 aliphatic rings. The van der Waals surface area contributed by atoms with Gasteiger partial charge in [-0.05, 0) is 43.5 Å². The molecule has 0 spiro atoms. The molecule has 0 aliphatic carbocycles. The summed E-state index contributed by atoms with van der Waals surface area (Å²) in [6, 6.07) is 5.41. The average Bonchev–Trinajstić information content (AvgIpc) is 2.66. The van der Waals surface area contributed by atoms with Gasteiger partial charge >= 0.3 is 0 Å². The Morgan fingerprint density at radius 3 is 2.93 bits per heavy atom. The summed E-state index contributed by atoms with van der Waals surface area (Å²) >= 11 is 0. The van der Waals surface area contributed by atoms with Crippen molar-refractivity contribution in [3.05, 3.63) is 29.6 Å². The van der Waals surface area contributed by atoms with E-state index in [4.69, 9.17) is 5.73 Å². The van der Waals surface area contributed by atoms with Crippen LogP contribution in [-0.4, -0.2) is 19.6 Å². The first kappa shape index (κ1) is 10.4. The van der Waals surface area contributed by atoms with Crippen molar-refractivity contribution in [1.29, 1.82) is 0 Å². The molecule has 2 rings (SSSR count). The number of benzene rings is 1. The van der Waals surface area contributed by atoms with Crippen LogP contribution in [0.4, 0.5) is 10.1 Å². The second kappa shape index (κ2) is 4.19. The van der Waals surface area contributed by atoms with Gasteiger partial charge in [0.15, 0.2) is 0 Å². The normalized spacial score (nSPS) is 21.0. The van der Waals surface area contributed by atoms with E-state index in [-0.39, 0.29) is 5.82 Å². The van der Waals surface area contributed by atoms with E-state index in [1.165, 1.54) is 0 Å². The lowest BCUT2D eigenvalue weighted by Crippen LogP contribution is -2.23. The minimum atomic E-state index is -0.118. The predicted molar refractivity (Wildman–Crippen MR) is 60.5 cm³/mol. The molecule has 0 amide bonds. The molecule has 0 radical (unpaired) electrons. The Labute approximate surface area is 89.9 Å². The van der Waals surface area contributed by atoms with Gasteiger partial charge in [0.05, 0.1) is 5.69 Å². The van der Waals surface area contributed by atoms with Crippen LogP contribution in [0, 0.1) is 18.7 Å². The van der Waals surface area contributed by atoms with Crippen LogP contribution in [0.5, 0.6) is 0 Å². The van der Waals surface area contributed by atoms with E-state index in [0.717, 1.165) is 30.8 Å². The third-order valence-electron chi connectivity index (χ3n) is 3.06. The Balaban J connectivity index is 2.17. The van der Waals surface area contributed by atoms with E-state index >= 15 is 0 Å². The minimum Gasteiger partial charge on any atom is -0.369 e. The SMILES string of the molecule is Cc1ccc(N2CCC(CN)C2)c(F)c1. The molecule has 0 saturated carbocycles. The molecule has 15 heavy (non-hydrogen) atoms. The highest BCUT2D eigenvalue weighted by Gasteiger charge is 2.23. The van der Waals surface area contributed by atoms with Crippen molar-refractivity contribution < 1.29 is 4.39 Å². The standard InChI is InChI=1S/C12H17FN2/c1-9-2-3-12(11(13)6-9)15-5-4-10(7-14)8-15/h2-3,6,10H,4-5,7-8,14H2,1H3. The molecule has 1 saturated heterocycles. The van der Waals surface area contributed by atoms with Crippen LogP contribution in [0.1, 0.15) is 12.0 Å². The van der Waals surface area contributed by atoms with Gasteiger partial charge < -0.3 is 10.6 Å². The number of nitrogens with zero attached hydrogens (tertiary/aromatic N) is 1. The molecular formula is C12H17FN2. The zero-order valence-electron chi connectivity index (χ0n) is 9.04. The Hall–Kier alpha value is -1.09. The number of rotatable bonds is 2. The number of anilines is 1. The van der Waals surface area contributed by atoms with E-state index < -0.39 is 0 Å². The van der Waals surface area contributed by atoms with Crippen LogP contribution in [0.3, 0.4) is 0 Å². The maximum absolute atomic E-state index is 13.7. The summed E-state index contributed by atoms with van der Waals surface area (Å²) in [5.74, 6) is 0.401. The van der Waals surface area contributed by atoms with Crippen molar-refractivity contribution in [3.63, 3.8) is 0 Å². The summed E-state index contributed by atoms with van der Waals surface area (Å²) in [4.78, 5) is 2.09. The van der Waals surface area contributed by atoms with Crippen LogP contribution in [-0.2, 0) is 0 Å². The fourth-order valence-electron chi connectivity index (χ4n) is 2.11. The maximum atomic E-state index is 13.7. The van der Waals surface area contributed by atoms with Crippen molar-refractivity contribution in [2.24, 2.45) is 11.7 Å². The topological polar surface area (TPSA) is 29.3 Å². The average molecular weight is 208 g/mol. The van der Waals surface area contributed by atoms with Gasteiger partial charge in [0.2, 0.25) is 0 Å². The molecule has 1 atom stereocenters. The fraction of sp³-hybridized carbons (Fsp3) is 0.500. The fourth-order valence-corrected chi connectivity index (χ4v) is 2.11. The molecule has 2 nitrogen and oxygen atoms in total. The summed E-state index contributed by atoms with van der Waals surface area (Å²) < 4.78 is 13.7. The Bertz CT molecular complexity index is 351. The Morgan fingerprint density at radius 1 is 1.53 bits per heavy atom. The van der Waals surface area contributed by atoms with Crippen LogP contribution < -0.4 is 10.6 Å². The van der Waals surface area contributed by atoms with Gasteiger partial charge in [-0.15, -0.1) is 0 Å². The van der Waals surface area contributed by atoms with Gasteiger partial charge in [0.25, 0.3) is 0 Å². The second-order valence-electron chi connectivity index (χ2n) is 4.29. The zero-order valence-corrected chi connectivity index (χ0v) is 9.04. The lowest BCUT2D eigenvalue weighted by molar-refractivity contribution is 0.597. The molecular weight excluding hydrogens is 191 g/mol. The van der Waals surface area contributed by atoms with Gasteiger partial charge in [-0.1, -0.05) is 6.07 Å². The van der Waals surface area contributed by atoms with Crippen LogP contribution in [0.15, 0.2) is 18.2 Å². The third kappa shape index (κ3) is 2.12. The zero-order chi connectivity index (χ0) is 10.8. The summed E-state index contributed by atoms with van der Waals surface area (Å²) in [6.45, 7) is 4.40. The molecule has 1 unspecified atom stereocenters. The first-order valence-corrected chi connectivity index (χ1v) is 5.42. The van der Waals surface area contributed by atoms with Gasteiger partial charge in [0.1, 0.15) is 5.82 Å². The van der Waals surface area contributed by atoms with Crippen molar-refractivity contribution >= 4 is 5.69 Å². The number of halogens is 1. The molecule has 1 aromatic rings. The lowest BCUT2D eigenvalue weighted by Gasteiger charge is -2.19. The quantitative estimate of drug-likeness (QED) is 0.804. The van der Waals surface area contributed by atoms with E-state index in [9.17, 15) is 4.39 Å². The molecule has 1 aliphatic heterocycles. The van der Waals surface area contributed by atoms with Gasteiger partial charge in [0, 0.05) is 13.1 Å². The summed E-state index contributed by atoms with van der Waals surface area (Å²) in [7, 11) is 0. The number of nitrogens with two attached hydrogens (primary N) is 1. The predicted octanol–water partition coefficient (Wildman–Crippen LogP) is 1.92. The number of aryl methyl sites for hydroxylation is 1. The molecule has 1 aromatic carbocycles. The van der Waals surface area contributed by atoms with E-state index in [1.807, 2.05) is 19.1 Å². The first-order chi connectivity index (χ1) is 7.20. The van der Waals surface area contributed by atoms with Crippen molar-refractivity contribution in [3.8, 4) is 0 Å². The largest absolute Gasteiger partial charge is 0.369 e. The smallest absolute Gasteiger partial charge is 0.146 e. The van der Waals surface area contributed by atoms with Gasteiger partial charge in [-0.2, -0.15) is 0 Å². The van der Waals surface area contributed by atoms with Gasteiger partial charge in [-0.3, -0.25) is 0 Å². The molecule has 0 aromatic heterocycles. The monoisotopic (exact) mass is 208 g/mol. The molecule has 3 heteroatoms. The Kier molecular flexibility index (Phi) is 2.91. The van der Waals surface area contributed by atoms with Crippen LogP contribution >= 0.6 is 0 Å². The van der Waals surface area contributed by atoms with Crippen molar-refractivity contribution in [2.75, 3.05) is 24.5 Å². The summed E-state index contributed by atoms with van der Waals surface area (Å²) in [6.07, 6.45) is 1.07. The molecule has 1 fully saturated rings. The van der Waals surface area contributed by atoms with E-state index in [0.29, 0.717) is 12.5 Å². The lowest BCUT2D eigenvalue weighted by atomic mass is 10.1. The van der Waals surface area contributed by atoms with Crippen LogP contribution in [0.25, 0.3) is 0 Å².